The number of fused-ring (bicyclic) bond motifs is 1. The summed E-state index contributed by atoms with van der Waals surface area (Å²) in [6, 6.07) is 11.4. The Morgan fingerprint density at radius 1 is 1.12 bits per heavy atom. The van der Waals surface area contributed by atoms with E-state index in [0.717, 1.165) is 0 Å². The number of nitrogens with one attached hydrogen (secondary N) is 1. The van der Waals surface area contributed by atoms with E-state index >= 15 is 0 Å². The van der Waals surface area contributed by atoms with Crippen LogP contribution in [0.25, 0.3) is 11.5 Å². The minimum Gasteiger partial charge on any atom is -0.486 e. The van der Waals surface area contributed by atoms with Crippen molar-refractivity contribution in [2.45, 2.75) is 23.3 Å². The third-order valence-corrected chi connectivity index (χ3v) is 6.72. The van der Waals surface area contributed by atoms with E-state index in [9.17, 15) is 8.42 Å². The van der Waals surface area contributed by atoms with E-state index in [2.05, 4.69) is 10.3 Å². The van der Waals surface area contributed by atoms with Crippen LogP contribution in [-0.4, -0.2) is 46.4 Å². The number of hydrogen-bond donors (Lipinski definition) is 1. The van der Waals surface area contributed by atoms with E-state index < -0.39 is 9.84 Å². The van der Waals surface area contributed by atoms with Gasteiger partial charge >= 0.3 is 0 Å². The van der Waals surface area contributed by atoms with Gasteiger partial charge in [-0.05, 0) is 37.6 Å². The van der Waals surface area contributed by atoms with E-state index in [-0.39, 0.29) is 21.7 Å². The van der Waals surface area contributed by atoms with Crippen molar-refractivity contribution in [2.75, 3.05) is 38.3 Å². The van der Waals surface area contributed by atoms with E-state index in [1.165, 1.54) is 12.1 Å². The molecule has 1 aliphatic rings. The van der Waals surface area contributed by atoms with Gasteiger partial charge in [-0.2, -0.15) is 4.98 Å². The van der Waals surface area contributed by atoms with Crippen molar-refractivity contribution in [3.05, 3.63) is 47.5 Å². The fourth-order valence-electron chi connectivity index (χ4n) is 3.17. The molecule has 0 spiro atoms. The molecule has 0 fully saturated rings. The highest BCUT2D eigenvalue weighted by Crippen LogP contribution is 2.38. The van der Waals surface area contributed by atoms with E-state index in [1.54, 1.807) is 30.3 Å². The third kappa shape index (κ3) is 4.69. The number of halogens is 1. The summed E-state index contributed by atoms with van der Waals surface area (Å²) in [7, 11) is -4.03. The Hall–Kier alpha value is -2.75. The number of benzene rings is 2. The van der Waals surface area contributed by atoms with Crippen LogP contribution in [0, 0.1) is 0 Å². The molecule has 8 nitrogen and oxygen atoms in total. The van der Waals surface area contributed by atoms with Crippen LogP contribution in [0.15, 0.2) is 56.8 Å². The first-order valence-electron chi connectivity index (χ1n) is 10.2. The minimum absolute atomic E-state index is 0.0260. The topological polar surface area (TPSA) is 99.9 Å². The lowest BCUT2D eigenvalue weighted by molar-refractivity contribution is 0.147. The van der Waals surface area contributed by atoms with Crippen molar-refractivity contribution in [1.29, 1.82) is 0 Å². The van der Waals surface area contributed by atoms with Crippen molar-refractivity contribution in [2.24, 2.45) is 0 Å². The largest absolute Gasteiger partial charge is 0.486 e. The molecule has 3 aromatic rings. The van der Waals surface area contributed by atoms with Crippen LogP contribution >= 0.6 is 11.6 Å². The van der Waals surface area contributed by atoms with Gasteiger partial charge in [0.05, 0.1) is 15.5 Å². The predicted octanol–water partition coefficient (Wildman–Crippen LogP) is 4.44. The highest BCUT2D eigenvalue weighted by molar-refractivity contribution is 7.91. The molecule has 0 aliphatic carbocycles. The summed E-state index contributed by atoms with van der Waals surface area (Å²) in [5, 5.41) is 3.21. The molecule has 2 heterocycles. The highest BCUT2D eigenvalue weighted by Gasteiger charge is 2.30. The van der Waals surface area contributed by atoms with Gasteiger partial charge < -0.3 is 23.9 Å². The normalized spacial score (nSPS) is 13.2. The van der Waals surface area contributed by atoms with Crippen LogP contribution in [0.5, 0.6) is 11.5 Å². The second kappa shape index (κ2) is 9.81. The molecule has 1 aromatic heterocycles. The minimum atomic E-state index is -4.03. The lowest BCUT2D eigenvalue weighted by atomic mass is 10.2. The van der Waals surface area contributed by atoms with Crippen LogP contribution in [0.4, 0.5) is 5.88 Å². The fraction of sp³-hybridized carbons (Fsp3) is 0.318. The van der Waals surface area contributed by atoms with Crippen LogP contribution in [0.2, 0.25) is 5.02 Å². The van der Waals surface area contributed by atoms with Crippen molar-refractivity contribution >= 4 is 27.3 Å². The Morgan fingerprint density at radius 2 is 1.91 bits per heavy atom. The Morgan fingerprint density at radius 3 is 2.69 bits per heavy atom. The molecule has 0 saturated carbocycles. The molecule has 10 heteroatoms. The Balaban J connectivity index is 1.71. The number of rotatable bonds is 9. The first-order valence-corrected chi connectivity index (χ1v) is 12.1. The molecule has 0 unspecified atom stereocenters. The second-order valence-corrected chi connectivity index (χ2v) is 9.19. The van der Waals surface area contributed by atoms with Crippen molar-refractivity contribution in [3.63, 3.8) is 0 Å². The maximum atomic E-state index is 13.5. The van der Waals surface area contributed by atoms with Gasteiger partial charge in [0.1, 0.15) is 13.2 Å². The SMILES string of the molecule is CCOCCCNc1oc(-c2ccccc2Cl)nc1S(=O)(=O)c1ccc2c(c1)OCCO2. The van der Waals surface area contributed by atoms with Gasteiger partial charge in [0.15, 0.2) is 11.5 Å². The zero-order chi connectivity index (χ0) is 22.6. The summed E-state index contributed by atoms with van der Waals surface area (Å²) >= 11 is 6.28. The summed E-state index contributed by atoms with van der Waals surface area (Å²) < 4.78 is 49.2. The van der Waals surface area contributed by atoms with Gasteiger partial charge in [0.25, 0.3) is 0 Å². The summed E-state index contributed by atoms with van der Waals surface area (Å²) in [5.41, 5.74) is 0.496. The van der Waals surface area contributed by atoms with Gasteiger partial charge in [-0.15, -0.1) is 0 Å². The first-order chi connectivity index (χ1) is 15.5. The van der Waals surface area contributed by atoms with E-state index in [1.807, 2.05) is 6.92 Å². The predicted molar refractivity (Wildman–Crippen MR) is 119 cm³/mol. The number of ether oxygens (including phenoxy) is 3. The Bertz CT molecular complexity index is 1190. The molecule has 0 radical (unpaired) electrons. The number of anilines is 1. The summed E-state index contributed by atoms with van der Waals surface area (Å²) in [4.78, 5) is 4.34. The molecule has 32 heavy (non-hydrogen) atoms. The highest BCUT2D eigenvalue weighted by atomic mass is 35.5. The fourth-order valence-corrected chi connectivity index (χ4v) is 4.68. The lowest BCUT2D eigenvalue weighted by Crippen LogP contribution is -2.16. The smallest absolute Gasteiger partial charge is 0.233 e. The number of sulfone groups is 1. The average Bonchev–Trinajstić information content (AvgIpc) is 3.23. The Labute approximate surface area is 191 Å². The molecule has 1 aliphatic heterocycles. The zero-order valence-corrected chi connectivity index (χ0v) is 19.0. The molecule has 4 rings (SSSR count). The first kappa shape index (κ1) is 22.4. The van der Waals surface area contributed by atoms with Gasteiger partial charge in [-0.1, -0.05) is 23.7 Å². The monoisotopic (exact) mass is 478 g/mol. The third-order valence-electron chi connectivity index (χ3n) is 4.73. The van der Waals surface area contributed by atoms with Crippen molar-refractivity contribution < 1.29 is 27.0 Å². The number of oxazole rings is 1. The summed E-state index contributed by atoms with van der Waals surface area (Å²) in [5.74, 6) is 1.03. The number of nitrogens with zero attached hydrogens (tertiary/aromatic N) is 1. The molecular weight excluding hydrogens is 456 g/mol. The number of hydrogen-bond acceptors (Lipinski definition) is 8. The van der Waals surface area contributed by atoms with Gasteiger partial charge in [-0.3, -0.25) is 0 Å². The standard InChI is InChI=1S/C22H23ClN2O6S/c1-2-28-11-5-10-24-21-22(25-20(31-21)16-6-3-4-7-17(16)23)32(26,27)15-8-9-18-19(14-15)30-13-12-29-18/h3-4,6-9,14,24H,2,5,10-13H2,1H3. The molecule has 1 N–H and O–H groups in total. The van der Waals surface area contributed by atoms with E-state index in [0.29, 0.717) is 61.5 Å². The summed E-state index contributed by atoms with van der Waals surface area (Å²) in [6.07, 6.45) is 0.666. The molecule has 0 bridgehead atoms. The van der Waals surface area contributed by atoms with Gasteiger partial charge in [-0.25, -0.2) is 8.42 Å². The van der Waals surface area contributed by atoms with Crippen molar-refractivity contribution in [1.82, 2.24) is 4.98 Å². The zero-order valence-electron chi connectivity index (χ0n) is 17.5. The molecule has 2 aromatic carbocycles. The maximum absolute atomic E-state index is 13.5. The average molecular weight is 479 g/mol. The molecule has 0 atom stereocenters. The number of aromatic nitrogens is 1. The quantitative estimate of drug-likeness (QED) is 0.450. The molecule has 0 saturated heterocycles. The van der Waals surface area contributed by atoms with Crippen LogP contribution in [-0.2, 0) is 14.6 Å². The molecule has 0 amide bonds. The van der Waals surface area contributed by atoms with Crippen LogP contribution in [0.3, 0.4) is 0 Å². The Kier molecular flexibility index (Phi) is 6.88. The summed E-state index contributed by atoms with van der Waals surface area (Å²) in [6.45, 7) is 4.28. The van der Waals surface area contributed by atoms with Crippen LogP contribution in [0.1, 0.15) is 13.3 Å². The van der Waals surface area contributed by atoms with Gasteiger partial charge in [0.2, 0.25) is 26.6 Å². The second-order valence-electron chi connectivity index (χ2n) is 6.92. The molecule has 170 valence electrons. The lowest BCUT2D eigenvalue weighted by Gasteiger charge is -2.18. The van der Waals surface area contributed by atoms with Crippen LogP contribution < -0.4 is 14.8 Å². The molecular formula is C22H23ClN2O6S. The van der Waals surface area contributed by atoms with Crippen molar-refractivity contribution in [3.8, 4) is 23.0 Å². The van der Waals surface area contributed by atoms with Gasteiger partial charge in [0, 0.05) is 25.8 Å². The van der Waals surface area contributed by atoms with E-state index in [4.69, 9.17) is 30.2 Å². The maximum Gasteiger partial charge on any atom is 0.233 e.